The summed E-state index contributed by atoms with van der Waals surface area (Å²) in [6.45, 7) is 8.84. The molecule has 0 N–H and O–H groups in total. The summed E-state index contributed by atoms with van der Waals surface area (Å²) >= 11 is 0. The lowest BCUT2D eigenvalue weighted by Gasteiger charge is -2.35. The van der Waals surface area contributed by atoms with Crippen molar-refractivity contribution in [3.8, 4) is 17.0 Å². The fraction of sp³-hybridized carbons (Fsp3) is 0.520. The maximum Gasteiger partial charge on any atom is 0.410 e. The van der Waals surface area contributed by atoms with Crippen LogP contribution >= 0.6 is 0 Å². The first-order valence-electron chi connectivity index (χ1n) is 11.8. The summed E-state index contributed by atoms with van der Waals surface area (Å²) in [4.78, 5) is 31.1. The second kappa shape index (κ2) is 8.45. The number of nitrogens with zero attached hydrogens (tertiary/aromatic N) is 6. The van der Waals surface area contributed by atoms with Crippen LogP contribution in [-0.2, 0) is 11.8 Å². The molecule has 2 aliphatic heterocycles. The molecular formula is C25H32N6O3. The van der Waals surface area contributed by atoms with Crippen molar-refractivity contribution in [2.75, 3.05) is 38.2 Å². The highest BCUT2D eigenvalue weighted by Gasteiger charge is 2.40. The molecule has 2 aliphatic rings. The first-order chi connectivity index (χ1) is 16.2. The van der Waals surface area contributed by atoms with Gasteiger partial charge >= 0.3 is 6.09 Å². The van der Waals surface area contributed by atoms with Crippen LogP contribution in [0.5, 0.6) is 5.75 Å². The number of amides is 1. The van der Waals surface area contributed by atoms with E-state index >= 15 is 0 Å². The van der Waals surface area contributed by atoms with Crippen molar-refractivity contribution >= 4 is 23.2 Å². The first-order valence-corrected chi connectivity index (χ1v) is 11.8. The molecule has 2 saturated heterocycles. The molecule has 2 unspecified atom stereocenters. The summed E-state index contributed by atoms with van der Waals surface area (Å²) in [6, 6.07) is 7.87. The van der Waals surface area contributed by atoms with Crippen molar-refractivity contribution in [2.24, 2.45) is 18.9 Å². The molecule has 3 aromatic rings. The van der Waals surface area contributed by atoms with E-state index in [0.29, 0.717) is 24.3 Å². The number of aromatic nitrogens is 4. The Balaban J connectivity index is 1.41. The third-order valence-corrected chi connectivity index (χ3v) is 6.65. The van der Waals surface area contributed by atoms with Crippen LogP contribution in [0.15, 0.2) is 30.6 Å². The van der Waals surface area contributed by atoms with Crippen LogP contribution in [0.3, 0.4) is 0 Å². The van der Waals surface area contributed by atoms with E-state index in [2.05, 4.69) is 9.88 Å². The highest BCUT2D eigenvalue weighted by atomic mass is 16.6. The zero-order valence-electron chi connectivity index (χ0n) is 20.5. The molecule has 0 bridgehead atoms. The Morgan fingerprint density at radius 3 is 2.50 bits per heavy atom. The van der Waals surface area contributed by atoms with Gasteiger partial charge in [0.05, 0.1) is 13.4 Å². The Morgan fingerprint density at radius 1 is 1.06 bits per heavy atom. The lowest BCUT2D eigenvalue weighted by atomic mass is 9.89. The standard InChI is InChI=1S/C25H32N6O3/c1-25(2,3)34-24(32)30-11-10-17-12-31(14-18(17)13-30)23-27-20(16-6-8-19(33-5)9-7-16)21-22(28-23)29(4)15-26-21/h6-9,15,17-18H,10-14H2,1-5H3. The molecule has 180 valence electrons. The third kappa shape index (κ3) is 4.26. The minimum atomic E-state index is -0.486. The van der Waals surface area contributed by atoms with E-state index in [1.165, 1.54) is 0 Å². The van der Waals surface area contributed by atoms with Crippen molar-refractivity contribution in [1.82, 2.24) is 24.4 Å². The number of rotatable bonds is 3. The maximum absolute atomic E-state index is 12.6. The van der Waals surface area contributed by atoms with Gasteiger partial charge in [-0.25, -0.2) is 14.8 Å². The number of fused-ring (bicyclic) bond motifs is 2. The van der Waals surface area contributed by atoms with Crippen LogP contribution in [0.4, 0.5) is 10.7 Å². The lowest BCUT2D eigenvalue weighted by molar-refractivity contribution is 0.0140. The van der Waals surface area contributed by atoms with Gasteiger partial charge in [-0.2, -0.15) is 4.98 Å². The molecule has 0 aliphatic carbocycles. The van der Waals surface area contributed by atoms with Crippen LogP contribution in [0.25, 0.3) is 22.4 Å². The summed E-state index contributed by atoms with van der Waals surface area (Å²) in [5, 5.41) is 0. The van der Waals surface area contributed by atoms with Crippen molar-refractivity contribution < 1.29 is 14.3 Å². The van der Waals surface area contributed by atoms with Crippen molar-refractivity contribution in [3.05, 3.63) is 30.6 Å². The summed E-state index contributed by atoms with van der Waals surface area (Å²) in [5.74, 6) is 2.39. The number of piperidine rings is 1. The smallest absolute Gasteiger partial charge is 0.410 e. The number of imidazole rings is 1. The van der Waals surface area contributed by atoms with Crippen LogP contribution in [0.1, 0.15) is 27.2 Å². The van der Waals surface area contributed by atoms with Gasteiger partial charge in [0.15, 0.2) is 5.65 Å². The number of hydrogen-bond donors (Lipinski definition) is 0. The zero-order valence-corrected chi connectivity index (χ0v) is 20.5. The summed E-state index contributed by atoms with van der Waals surface area (Å²) < 4.78 is 12.8. The predicted octanol–water partition coefficient (Wildman–Crippen LogP) is 3.73. The van der Waals surface area contributed by atoms with E-state index in [1.54, 1.807) is 13.4 Å². The van der Waals surface area contributed by atoms with Crippen LogP contribution in [0.2, 0.25) is 0 Å². The molecule has 2 atom stereocenters. The van der Waals surface area contributed by atoms with Gasteiger partial charge in [-0.1, -0.05) is 0 Å². The minimum Gasteiger partial charge on any atom is -0.497 e. The molecule has 4 heterocycles. The average Bonchev–Trinajstić information content (AvgIpc) is 3.40. The summed E-state index contributed by atoms with van der Waals surface area (Å²) in [7, 11) is 3.61. The average molecular weight is 465 g/mol. The van der Waals surface area contributed by atoms with Gasteiger partial charge in [0.25, 0.3) is 0 Å². The molecule has 0 radical (unpaired) electrons. The molecule has 2 aromatic heterocycles. The molecule has 0 saturated carbocycles. The number of ether oxygens (including phenoxy) is 2. The van der Waals surface area contributed by atoms with Crippen LogP contribution < -0.4 is 9.64 Å². The van der Waals surface area contributed by atoms with Crippen LogP contribution in [0, 0.1) is 11.8 Å². The highest BCUT2D eigenvalue weighted by molar-refractivity contribution is 5.88. The monoisotopic (exact) mass is 464 g/mol. The number of anilines is 1. The predicted molar refractivity (Wildman–Crippen MR) is 130 cm³/mol. The van der Waals surface area contributed by atoms with Gasteiger partial charge in [0.2, 0.25) is 5.95 Å². The van der Waals surface area contributed by atoms with Crippen molar-refractivity contribution in [3.63, 3.8) is 0 Å². The SMILES string of the molecule is COc1ccc(-c2nc(N3CC4CCN(C(=O)OC(C)(C)C)CC4C3)nc3c2ncn3C)cc1. The number of benzene rings is 1. The van der Waals surface area contributed by atoms with E-state index in [4.69, 9.17) is 19.4 Å². The number of carbonyl (C=O) groups excluding carboxylic acids is 1. The minimum absolute atomic E-state index is 0.223. The molecule has 5 rings (SSSR count). The Hall–Kier alpha value is -3.36. The normalized spacial score (nSPS) is 20.5. The van der Waals surface area contributed by atoms with Crippen molar-refractivity contribution in [1.29, 1.82) is 0 Å². The Kier molecular flexibility index (Phi) is 5.58. The molecule has 9 heteroatoms. The fourth-order valence-corrected chi connectivity index (χ4v) is 4.91. The molecular weight excluding hydrogens is 432 g/mol. The Labute approximate surface area is 199 Å². The zero-order chi connectivity index (χ0) is 24.0. The quantitative estimate of drug-likeness (QED) is 0.584. The molecule has 9 nitrogen and oxygen atoms in total. The molecule has 0 spiro atoms. The number of carbonyl (C=O) groups is 1. The van der Waals surface area contributed by atoms with Gasteiger partial charge in [-0.05, 0) is 63.3 Å². The number of aryl methyl sites for hydroxylation is 1. The second-order valence-corrected chi connectivity index (χ2v) is 10.3. The van der Waals surface area contributed by atoms with Crippen molar-refractivity contribution in [2.45, 2.75) is 32.8 Å². The van der Waals surface area contributed by atoms with E-state index in [1.807, 2.05) is 61.6 Å². The molecule has 1 amide bonds. The maximum atomic E-state index is 12.6. The van der Waals surface area contributed by atoms with Gasteiger partial charge in [-0.15, -0.1) is 0 Å². The number of likely N-dealkylation sites (tertiary alicyclic amines) is 1. The summed E-state index contributed by atoms with van der Waals surface area (Å²) in [6.07, 6.45) is 2.51. The van der Waals surface area contributed by atoms with Gasteiger partial charge < -0.3 is 23.8 Å². The van der Waals surface area contributed by atoms with Gasteiger partial charge in [-0.3, -0.25) is 0 Å². The van der Waals surface area contributed by atoms with Gasteiger partial charge in [0.1, 0.15) is 22.6 Å². The Morgan fingerprint density at radius 2 is 1.79 bits per heavy atom. The first kappa shape index (κ1) is 22.4. The molecule has 34 heavy (non-hydrogen) atoms. The molecule has 2 fully saturated rings. The van der Waals surface area contributed by atoms with E-state index in [-0.39, 0.29) is 6.09 Å². The summed E-state index contributed by atoms with van der Waals surface area (Å²) in [5.41, 5.74) is 2.89. The third-order valence-electron chi connectivity index (χ3n) is 6.65. The number of methoxy groups -OCH3 is 1. The Bertz CT molecular complexity index is 1200. The van der Waals surface area contributed by atoms with E-state index < -0.39 is 5.60 Å². The van der Waals surface area contributed by atoms with E-state index in [9.17, 15) is 4.79 Å². The number of hydrogen-bond acceptors (Lipinski definition) is 7. The topological polar surface area (TPSA) is 85.6 Å². The van der Waals surface area contributed by atoms with Gasteiger partial charge in [0, 0.05) is 38.8 Å². The fourth-order valence-electron chi connectivity index (χ4n) is 4.91. The van der Waals surface area contributed by atoms with Crippen LogP contribution in [-0.4, -0.2) is 69.4 Å². The lowest BCUT2D eigenvalue weighted by Crippen LogP contribution is -2.45. The highest BCUT2D eigenvalue weighted by Crippen LogP contribution is 2.35. The largest absolute Gasteiger partial charge is 0.497 e. The molecule has 1 aromatic carbocycles. The van der Waals surface area contributed by atoms with E-state index in [0.717, 1.165) is 54.2 Å². The second-order valence-electron chi connectivity index (χ2n) is 10.3.